The molecule has 0 atom stereocenters. The van der Waals surface area contributed by atoms with E-state index in [1.54, 1.807) is 0 Å². The van der Waals surface area contributed by atoms with Crippen LogP contribution in [0.1, 0.15) is 18.5 Å². The topological polar surface area (TPSA) is 106 Å². The Morgan fingerprint density at radius 3 is 2.76 bits per heavy atom. The van der Waals surface area contributed by atoms with Gasteiger partial charge >= 0.3 is 5.97 Å². The van der Waals surface area contributed by atoms with Crippen molar-refractivity contribution in [1.29, 1.82) is 0 Å². The Hall–Kier alpha value is -3.42. The third-order valence-corrected chi connectivity index (χ3v) is 5.32. The number of fused-ring (bicyclic) bond motifs is 1. The molecule has 0 radical (unpaired) electrons. The lowest BCUT2D eigenvalue weighted by Crippen LogP contribution is -2.37. The van der Waals surface area contributed by atoms with Crippen LogP contribution in [0.25, 0.3) is 10.9 Å². The number of carbonyl (C=O) groups excluding carboxylic acids is 1. The summed E-state index contributed by atoms with van der Waals surface area (Å²) >= 11 is 0. The number of nitrogens with one attached hydrogen (secondary N) is 1. The Morgan fingerprint density at radius 2 is 2.00 bits per heavy atom. The monoisotopic (exact) mass is 392 g/mol. The van der Waals surface area contributed by atoms with Crippen LogP contribution < -0.4 is 16.0 Å². The van der Waals surface area contributed by atoms with Crippen molar-refractivity contribution in [3.8, 4) is 0 Å². The molecule has 3 aromatic rings. The molecule has 29 heavy (non-hydrogen) atoms. The summed E-state index contributed by atoms with van der Waals surface area (Å²) < 4.78 is 4.86. The Labute approximate surface area is 169 Å². The number of nitrogens with zero attached hydrogens (tertiary/aromatic N) is 4. The Balaban J connectivity index is 1.58. The number of rotatable bonds is 4. The average molecular weight is 392 g/mol. The summed E-state index contributed by atoms with van der Waals surface area (Å²) in [4.78, 5) is 27.1. The standard InChI is InChI=1S/C21H24N6O2/c1-13-6-7-15-16(25-13)4-3-5-17(15)26-19-18(22)20(24-12-23-19)27-10-8-14(9-11-27)21(28)29-2/h3-7,12,14H,8-11,22H2,1-2H3,(H,23,24,26). The number of carbonyl (C=O) groups is 1. The molecule has 0 spiro atoms. The van der Waals surface area contributed by atoms with Gasteiger partial charge in [0.25, 0.3) is 0 Å². The predicted octanol–water partition coefficient (Wildman–Crippen LogP) is 3.05. The van der Waals surface area contributed by atoms with E-state index in [4.69, 9.17) is 10.5 Å². The summed E-state index contributed by atoms with van der Waals surface area (Å²) in [6.07, 6.45) is 2.94. The largest absolute Gasteiger partial charge is 0.469 e. The molecule has 0 bridgehead atoms. The van der Waals surface area contributed by atoms with Crippen molar-refractivity contribution in [3.05, 3.63) is 42.4 Å². The second-order valence-corrected chi connectivity index (χ2v) is 7.19. The lowest BCUT2D eigenvalue weighted by atomic mass is 9.97. The van der Waals surface area contributed by atoms with Gasteiger partial charge in [-0.3, -0.25) is 9.78 Å². The first-order valence-corrected chi connectivity index (χ1v) is 9.63. The molecular formula is C21H24N6O2. The molecule has 3 heterocycles. The van der Waals surface area contributed by atoms with Crippen molar-refractivity contribution >= 4 is 39.9 Å². The molecule has 1 fully saturated rings. The van der Waals surface area contributed by atoms with Crippen molar-refractivity contribution in [2.24, 2.45) is 5.92 Å². The van der Waals surface area contributed by atoms with Crippen molar-refractivity contribution in [2.45, 2.75) is 19.8 Å². The number of nitrogen functional groups attached to an aromatic ring is 1. The van der Waals surface area contributed by atoms with Crippen LogP contribution in [0.5, 0.6) is 0 Å². The Morgan fingerprint density at radius 1 is 1.21 bits per heavy atom. The summed E-state index contributed by atoms with van der Waals surface area (Å²) in [5, 5.41) is 4.33. The van der Waals surface area contributed by atoms with Gasteiger partial charge in [-0.2, -0.15) is 0 Å². The van der Waals surface area contributed by atoms with Crippen LogP contribution >= 0.6 is 0 Å². The minimum Gasteiger partial charge on any atom is -0.469 e. The zero-order valence-electron chi connectivity index (χ0n) is 16.6. The fourth-order valence-electron chi connectivity index (χ4n) is 3.72. The van der Waals surface area contributed by atoms with Crippen LogP contribution in [0.4, 0.5) is 23.0 Å². The highest BCUT2D eigenvalue weighted by Gasteiger charge is 2.27. The third kappa shape index (κ3) is 3.78. The Kier molecular flexibility index (Phi) is 5.16. The number of anilines is 4. The number of ether oxygens (including phenoxy) is 1. The van der Waals surface area contributed by atoms with Gasteiger partial charge < -0.3 is 20.7 Å². The fraction of sp³-hybridized carbons (Fsp3) is 0.333. The zero-order chi connectivity index (χ0) is 20.4. The van der Waals surface area contributed by atoms with Crippen molar-refractivity contribution in [2.75, 3.05) is 36.1 Å². The number of piperidine rings is 1. The summed E-state index contributed by atoms with van der Waals surface area (Å²) in [6.45, 7) is 3.35. The molecule has 0 saturated carbocycles. The van der Waals surface area contributed by atoms with Crippen LogP contribution in [0.3, 0.4) is 0 Å². The van der Waals surface area contributed by atoms with E-state index >= 15 is 0 Å². The maximum absolute atomic E-state index is 11.8. The molecule has 4 rings (SSSR count). The second-order valence-electron chi connectivity index (χ2n) is 7.19. The first kappa shape index (κ1) is 18.9. The summed E-state index contributed by atoms with van der Waals surface area (Å²) in [5.74, 6) is 1.02. The number of pyridine rings is 1. The van der Waals surface area contributed by atoms with Gasteiger partial charge in [-0.1, -0.05) is 6.07 Å². The molecule has 2 aromatic heterocycles. The normalized spacial score (nSPS) is 14.8. The molecule has 8 heteroatoms. The highest BCUT2D eigenvalue weighted by atomic mass is 16.5. The molecule has 3 N–H and O–H groups in total. The van der Waals surface area contributed by atoms with E-state index in [0.717, 1.165) is 22.3 Å². The number of nitrogens with two attached hydrogens (primary N) is 1. The van der Waals surface area contributed by atoms with E-state index < -0.39 is 0 Å². The third-order valence-electron chi connectivity index (χ3n) is 5.32. The molecule has 8 nitrogen and oxygen atoms in total. The molecule has 0 aliphatic carbocycles. The zero-order valence-corrected chi connectivity index (χ0v) is 16.6. The van der Waals surface area contributed by atoms with Crippen molar-refractivity contribution in [3.63, 3.8) is 0 Å². The fourth-order valence-corrected chi connectivity index (χ4v) is 3.72. The number of aromatic nitrogens is 3. The van der Waals surface area contributed by atoms with Crippen LogP contribution in [-0.4, -0.2) is 41.1 Å². The molecule has 150 valence electrons. The van der Waals surface area contributed by atoms with Crippen LogP contribution in [0.15, 0.2) is 36.7 Å². The summed E-state index contributed by atoms with van der Waals surface area (Å²) in [7, 11) is 1.43. The van der Waals surface area contributed by atoms with Gasteiger partial charge in [0, 0.05) is 29.9 Å². The van der Waals surface area contributed by atoms with Crippen LogP contribution in [0, 0.1) is 12.8 Å². The van der Waals surface area contributed by atoms with E-state index in [0.29, 0.717) is 43.3 Å². The number of esters is 1. The van der Waals surface area contributed by atoms with Gasteiger partial charge in [0.15, 0.2) is 11.6 Å². The van der Waals surface area contributed by atoms with E-state index in [9.17, 15) is 4.79 Å². The van der Waals surface area contributed by atoms with Gasteiger partial charge in [-0.15, -0.1) is 0 Å². The number of benzene rings is 1. The minimum absolute atomic E-state index is 0.0662. The summed E-state index contributed by atoms with van der Waals surface area (Å²) in [6, 6.07) is 9.92. The number of methoxy groups -OCH3 is 1. The highest BCUT2D eigenvalue weighted by molar-refractivity contribution is 5.94. The van der Waals surface area contributed by atoms with Gasteiger partial charge in [-0.25, -0.2) is 9.97 Å². The second kappa shape index (κ2) is 7.90. The number of aryl methyl sites for hydroxylation is 1. The van der Waals surface area contributed by atoms with Gasteiger partial charge in [0.2, 0.25) is 0 Å². The number of hydrogen-bond acceptors (Lipinski definition) is 8. The summed E-state index contributed by atoms with van der Waals surface area (Å²) in [5.41, 5.74) is 9.66. The maximum Gasteiger partial charge on any atom is 0.308 e. The quantitative estimate of drug-likeness (QED) is 0.653. The SMILES string of the molecule is COC(=O)C1CCN(c2ncnc(Nc3cccc4nc(C)ccc34)c2N)CC1. The number of hydrogen-bond donors (Lipinski definition) is 2. The molecular weight excluding hydrogens is 368 g/mol. The van der Waals surface area contributed by atoms with Gasteiger partial charge in [0.05, 0.1) is 18.5 Å². The van der Waals surface area contributed by atoms with E-state index in [2.05, 4.69) is 25.2 Å². The van der Waals surface area contributed by atoms with Crippen molar-refractivity contribution < 1.29 is 9.53 Å². The maximum atomic E-state index is 11.8. The Bertz CT molecular complexity index is 1050. The van der Waals surface area contributed by atoms with E-state index in [1.165, 1.54) is 13.4 Å². The lowest BCUT2D eigenvalue weighted by molar-refractivity contribution is -0.146. The average Bonchev–Trinajstić information content (AvgIpc) is 2.74. The minimum atomic E-state index is -0.150. The molecule has 1 aliphatic heterocycles. The predicted molar refractivity (Wildman–Crippen MR) is 113 cm³/mol. The van der Waals surface area contributed by atoms with Gasteiger partial charge in [-0.05, 0) is 44.0 Å². The van der Waals surface area contributed by atoms with Crippen molar-refractivity contribution in [1.82, 2.24) is 15.0 Å². The molecule has 1 saturated heterocycles. The lowest BCUT2D eigenvalue weighted by Gasteiger charge is -2.32. The molecule has 1 aliphatic rings. The first-order chi connectivity index (χ1) is 14.1. The van der Waals surface area contributed by atoms with Crippen LogP contribution in [0.2, 0.25) is 0 Å². The van der Waals surface area contributed by atoms with Gasteiger partial charge in [0.1, 0.15) is 12.0 Å². The first-order valence-electron chi connectivity index (χ1n) is 9.63. The highest BCUT2D eigenvalue weighted by Crippen LogP contribution is 2.33. The molecule has 0 unspecified atom stereocenters. The van der Waals surface area contributed by atoms with E-state index in [1.807, 2.05) is 37.3 Å². The molecule has 1 aromatic carbocycles. The van der Waals surface area contributed by atoms with E-state index in [-0.39, 0.29) is 11.9 Å². The smallest absolute Gasteiger partial charge is 0.308 e. The van der Waals surface area contributed by atoms with Crippen LogP contribution in [-0.2, 0) is 9.53 Å². The molecule has 0 amide bonds.